The number of hydrogen-bond acceptors (Lipinski definition) is 4. The largest absolute Gasteiger partial charge is 0.398 e. The lowest BCUT2D eigenvalue weighted by Crippen LogP contribution is -2.05. The standard InChI is InChI=1S/C13H12ClN3O/c14-10-7-9(1-2-11(10)15)12(18)5-8-3-4-17-13(16)6-8/h1-4,6-7H,5,15H2,(H2,16,17). The molecule has 5 heteroatoms. The highest BCUT2D eigenvalue weighted by atomic mass is 35.5. The quantitative estimate of drug-likeness (QED) is 0.656. The van der Waals surface area contributed by atoms with Crippen LogP contribution in [0.1, 0.15) is 15.9 Å². The highest BCUT2D eigenvalue weighted by Crippen LogP contribution is 2.20. The topological polar surface area (TPSA) is 82.0 Å². The summed E-state index contributed by atoms with van der Waals surface area (Å²) in [6.07, 6.45) is 1.83. The minimum absolute atomic E-state index is 0.0394. The first-order valence-electron chi connectivity index (χ1n) is 5.35. The SMILES string of the molecule is Nc1cc(CC(=O)c2ccc(N)c(Cl)c2)ccn1. The number of Topliss-reactive ketones (excluding diaryl/α,β-unsaturated/α-hetero) is 1. The molecule has 1 aromatic heterocycles. The molecule has 92 valence electrons. The van der Waals surface area contributed by atoms with Gasteiger partial charge in [-0.05, 0) is 35.9 Å². The number of hydrogen-bond donors (Lipinski definition) is 2. The number of aromatic nitrogens is 1. The lowest BCUT2D eigenvalue weighted by atomic mass is 10.0. The van der Waals surface area contributed by atoms with E-state index in [1.54, 1.807) is 36.5 Å². The Labute approximate surface area is 110 Å². The molecule has 0 spiro atoms. The van der Waals surface area contributed by atoms with Crippen molar-refractivity contribution in [1.82, 2.24) is 4.98 Å². The van der Waals surface area contributed by atoms with Crippen LogP contribution in [-0.2, 0) is 6.42 Å². The summed E-state index contributed by atoms with van der Waals surface area (Å²) in [6, 6.07) is 8.29. The van der Waals surface area contributed by atoms with E-state index < -0.39 is 0 Å². The number of anilines is 2. The van der Waals surface area contributed by atoms with Crippen LogP contribution in [-0.4, -0.2) is 10.8 Å². The number of ketones is 1. The van der Waals surface area contributed by atoms with Crippen LogP contribution in [0.15, 0.2) is 36.5 Å². The Morgan fingerprint density at radius 2 is 2.00 bits per heavy atom. The maximum Gasteiger partial charge on any atom is 0.167 e. The molecule has 1 heterocycles. The molecule has 4 N–H and O–H groups in total. The van der Waals surface area contributed by atoms with E-state index in [4.69, 9.17) is 23.1 Å². The van der Waals surface area contributed by atoms with Crippen molar-refractivity contribution in [3.8, 4) is 0 Å². The fourth-order valence-corrected chi connectivity index (χ4v) is 1.77. The van der Waals surface area contributed by atoms with Gasteiger partial charge >= 0.3 is 0 Å². The summed E-state index contributed by atoms with van der Waals surface area (Å²) in [5.74, 6) is 0.359. The molecule has 0 bridgehead atoms. The van der Waals surface area contributed by atoms with Crippen LogP contribution in [0, 0.1) is 0 Å². The third-order valence-corrected chi connectivity index (χ3v) is 2.86. The molecule has 4 nitrogen and oxygen atoms in total. The van der Waals surface area contributed by atoms with Gasteiger partial charge in [0.25, 0.3) is 0 Å². The van der Waals surface area contributed by atoms with Gasteiger partial charge in [-0.1, -0.05) is 11.6 Å². The zero-order valence-electron chi connectivity index (χ0n) is 9.56. The molecule has 0 radical (unpaired) electrons. The molecule has 0 fully saturated rings. The lowest BCUT2D eigenvalue weighted by molar-refractivity contribution is 0.0993. The van der Waals surface area contributed by atoms with E-state index in [0.29, 0.717) is 22.1 Å². The molecule has 0 aliphatic heterocycles. The minimum Gasteiger partial charge on any atom is -0.398 e. The van der Waals surface area contributed by atoms with Crippen LogP contribution < -0.4 is 11.5 Å². The summed E-state index contributed by atoms with van der Waals surface area (Å²) >= 11 is 5.88. The van der Waals surface area contributed by atoms with Crippen LogP contribution >= 0.6 is 11.6 Å². The Bertz CT molecular complexity index is 599. The van der Waals surface area contributed by atoms with Crippen LogP contribution in [0.25, 0.3) is 0 Å². The van der Waals surface area contributed by atoms with Crippen molar-refractivity contribution in [2.75, 3.05) is 11.5 Å². The normalized spacial score (nSPS) is 10.3. The minimum atomic E-state index is -0.0394. The summed E-state index contributed by atoms with van der Waals surface area (Å²) in [4.78, 5) is 15.9. The van der Waals surface area contributed by atoms with Crippen molar-refractivity contribution < 1.29 is 4.79 Å². The molecule has 18 heavy (non-hydrogen) atoms. The van der Waals surface area contributed by atoms with E-state index in [9.17, 15) is 4.79 Å². The van der Waals surface area contributed by atoms with Crippen LogP contribution in [0.2, 0.25) is 5.02 Å². The average Bonchev–Trinajstić information content (AvgIpc) is 2.32. The fraction of sp³-hybridized carbons (Fsp3) is 0.0769. The van der Waals surface area contributed by atoms with Crippen molar-refractivity contribution >= 4 is 28.9 Å². The van der Waals surface area contributed by atoms with Crippen molar-refractivity contribution in [2.24, 2.45) is 0 Å². The smallest absolute Gasteiger partial charge is 0.167 e. The van der Waals surface area contributed by atoms with Gasteiger partial charge in [-0.2, -0.15) is 0 Å². The molecule has 0 atom stereocenters. The highest BCUT2D eigenvalue weighted by molar-refractivity contribution is 6.33. The van der Waals surface area contributed by atoms with Crippen molar-refractivity contribution in [3.05, 3.63) is 52.7 Å². The molecular formula is C13H12ClN3O. The third-order valence-electron chi connectivity index (χ3n) is 2.53. The van der Waals surface area contributed by atoms with E-state index in [1.807, 2.05) is 0 Å². The molecule has 2 rings (SSSR count). The Balaban J connectivity index is 2.19. The molecule has 0 saturated carbocycles. The van der Waals surface area contributed by atoms with E-state index in [0.717, 1.165) is 5.56 Å². The number of nitrogens with zero attached hydrogens (tertiary/aromatic N) is 1. The van der Waals surface area contributed by atoms with Gasteiger partial charge in [0.15, 0.2) is 5.78 Å². The zero-order valence-corrected chi connectivity index (χ0v) is 10.3. The summed E-state index contributed by atoms with van der Waals surface area (Å²) in [7, 11) is 0. The van der Waals surface area contributed by atoms with Gasteiger partial charge in [-0.3, -0.25) is 4.79 Å². The Hall–Kier alpha value is -2.07. The summed E-state index contributed by atoms with van der Waals surface area (Å²) in [6.45, 7) is 0. The zero-order chi connectivity index (χ0) is 13.1. The second-order valence-electron chi connectivity index (χ2n) is 3.93. The Morgan fingerprint density at radius 3 is 2.67 bits per heavy atom. The molecule has 0 aliphatic carbocycles. The maximum absolute atomic E-state index is 12.0. The van der Waals surface area contributed by atoms with Gasteiger partial charge in [0.2, 0.25) is 0 Å². The van der Waals surface area contributed by atoms with Gasteiger partial charge in [0.05, 0.1) is 10.7 Å². The number of carbonyl (C=O) groups excluding carboxylic acids is 1. The van der Waals surface area contributed by atoms with Crippen LogP contribution in [0.5, 0.6) is 0 Å². The van der Waals surface area contributed by atoms with Gasteiger partial charge in [-0.15, -0.1) is 0 Å². The number of benzene rings is 1. The van der Waals surface area contributed by atoms with Crippen molar-refractivity contribution in [3.63, 3.8) is 0 Å². The average molecular weight is 262 g/mol. The third kappa shape index (κ3) is 2.78. The number of pyridine rings is 1. The molecule has 0 unspecified atom stereocenters. The highest BCUT2D eigenvalue weighted by Gasteiger charge is 2.09. The molecule has 1 aromatic carbocycles. The van der Waals surface area contributed by atoms with Crippen molar-refractivity contribution in [1.29, 1.82) is 0 Å². The number of carbonyl (C=O) groups is 1. The first kappa shape index (κ1) is 12.4. The molecule has 0 aliphatic rings. The van der Waals surface area contributed by atoms with E-state index in [-0.39, 0.29) is 12.2 Å². The Morgan fingerprint density at radius 1 is 1.22 bits per heavy atom. The molecule has 2 aromatic rings. The predicted molar refractivity (Wildman–Crippen MR) is 72.5 cm³/mol. The summed E-state index contributed by atoms with van der Waals surface area (Å²) in [5, 5.41) is 0.384. The molecule has 0 saturated heterocycles. The number of rotatable bonds is 3. The van der Waals surface area contributed by atoms with E-state index in [2.05, 4.69) is 4.98 Å². The second-order valence-corrected chi connectivity index (χ2v) is 4.33. The summed E-state index contributed by atoms with van der Waals surface area (Å²) in [5.41, 5.74) is 13.0. The number of nitrogen functional groups attached to an aromatic ring is 2. The number of halogens is 1. The van der Waals surface area contributed by atoms with Gasteiger partial charge in [0, 0.05) is 18.2 Å². The summed E-state index contributed by atoms with van der Waals surface area (Å²) < 4.78 is 0. The first-order valence-corrected chi connectivity index (χ1v) is 5.72. The monoisotopic (exact) mass is 261 g/mol. The first-order chi connectivity index (χ1) is 8.56. The second kappa shape index (κ2) is 5.06. The van der Waals surface area contributed by atoms with Crippen molar-refractivity contribution in [2.45, 2.75) is 6.42 Å². The van der Waals surface area contributed by atoms with Gasteiger partial charge in [0.1, 0.15) is 5.82 Å². The van der Waals surface area contributed by atoms with Crippen LogP contribution in [0.3, 0.4) is 0 Å². The predicted octanol–water partition coefficient (Wildman–Crippen LogP) is 2.32. The van der Waals surface area contributed by atoms with Gasteiger partial charge < -0.3 is 11.5 Å². The number of nitrogens with two attached hydrogens (primary N) is 2. The van der Waals surface area contributed by atoms with E-state index >= 15 is 0 Å². The van der Waals surface area contributed by atoms with E-state index in [1.165, 1.54) is 0 Å². The van der Waals surface area contributed by atoms with Crippen LogP contribution in [0.4, 0.5) is 11.5 Å². The molecule has 0 amide bonds. The molecular weight excluding hydrogens is 250 g/mol. The fourth-order valence-electron chi connectivity index (χ4n) is 1.59. The van der Waals surface area contributed by atoms with Gasteiger partial charge in [-0.25, -0.2) is 4.98 Å². The maximum atomic E-state index is 12.0. The Kier molecular flexibility index (Phi) is 3.48. The lowest BCUT2D eigenvalue weighted by Gasteiger charge is -2.04.